The lowest BCUT2D eigenvalue weighted by molar-refractivity contribution is -0.384. The van der Waals surface area contributed by atoms with Crippen LogP contribution in [0, 0.1) is 17.0 Å². The maximum absolute atomic E-state index is 14.5. The summed E-state index contributed by atoms with van der Waals surface area (Å²) < 4.78 is 15.9. The summed E-state index contributed by atoms with van der Waals surface area (Å²) in [4.78, 5) is 47.8. The van der Waals surface area contributed by atoms with Gasteiger partial charge in [-0.2, -0.15) is 4.57 Å². The second kappa shape index (κ2) is 8.48. The number of hydrogen-bond acceptors (Lipinski definition) is 5. The van der Waals surface area contributed by atoms with Crippen LogP contribution in [0.1, 0.15) is 21.5 Å². The molecule has 0 saturated heterocycles. The highest BCUT2D eigenvalue weighted by Gasteiger charge is 2.17. The number of hydrogen-bond donors (Lipinski definition) is 0. The molecule has 0 aliphatic carbocycles. The van der Waals surface area contributed by atoms with Crippen molar-refractivity contribution in [1.29, 1.82) is 0 Å². The van der Waals surface area contributed by atoms with Gasteiger partial charge in [0, 0.05) is 29.5 Å². The molecule has 0 amide bonds. The number of benzene rings is 2. The molecule has 0 aliphatic rings. The first-order valence-corrected chi connectivity index (χ1v) is 8.81. The van der Waals surface area contributed by atoms with Crippen LogP contribution < -0.4 is 11.2 Å². The molecule has 0 spiro atoms. The summed E-state index contributed by atoms with van der Waals surface area (Å²) >= 11 is 0. The van der Waals surface area contributed by atoms with E-state index >= 15 is 0 Å². The molecule has 0 atom stereocenters. The molecule has 1 heterocycles. The van der Waals surface area contributed by atoms with E-state index in [1.807, 2.05) is 0 Å². The Labute approximate surface area is 169 Å². The molecule has 0 N–H and O–H groups in total. The molecular formula is C21H16FN3O5. The van der Waals surface area contributed by atoms with Crippen LogP contribution in [-0.2, 0) is 6.54 Å². The second-order valence-electron chi connectivity index (χ2n) is 6.47. The van der Waals surface area contributed by atoms with E-state index in [0.717, 1.165) is 10.6 Å². The highest BCUT2D eigenvalue weighted by Crippen LogP contribution is 2.15. The van der Waals surface area contributed by atoms with Gasteiger partial charge in [0.25, 0.3) is 17.2 Å². The molecule has 0 saturated carbocycles. The average Bonchev–Trinajstić information content (AvgIpc) is 2.73. The third kappa shape index (κ3) is 4.30. The van der Waals surface area contributed by atoms with Crippen molar-refractivity contribution in [3.63, 3.8) is 0 Å². The Bertz CT molecular complexity index is 1260. The number of halogens is 1. The van der Waals surface area contributed by atoms with Crippen LogP contribution in [-0.4, -0.2) is 20.0 Å². The Morgan fingerprint density at radius 3 is 2.33 bits per heavy atom. The monoisotopic (exact) mass is 409 g/mol. The van der Waals surface area contributed by atoms with Gasteiger partial charge in [-0.05, 0) is 42.8 Å². The summed E-state index contributed by atoms with van der Waals surface area (Å²) in [6, 6.07) is 13.0. The number of nitrogens with zero attached hydrogens (tertiary/aromatic N) is 3. The number of allylic oxidation sites excluding steroid dienone is 1. The van der Waals surface area contributed by atoms with Crippen LogP contribution in [0.3, 0.4) is 0 Å². The lowest BCUT2D eigenvalue weighted by Gasteiger charge is -2.10. The smallest absolute Gasteiger partial charge is 0.293 e. The van der Waals surface area contributed by atoms with Gasteiger partial charge in [0.2, 0.25) is 0 Å². The number of aryl methyl sites for hydroxylation is 1. The molecule has 9 heteroatoms. The standard InChI is InChI=1S/C21H16FN3O5/c1-14-12-23(13-17(22)11-15-7-9-18(10-8-15)25(29)30)21(28)24(19(14)26)20(27)16-5-3-2-4-6-16/h2-12H,13H2,1H3/b17-11-. The predicted molar refractivity (Wildman–Crippen MR) is 108 cm³/mol. The highest BCUT2D eigenvalue weighted by atomic mass is 19.1. The van der Waals surface area contributed by atoms with Crippen LogP contribution >= 0.6 is 0 Å². The van der Waals surface area contributed by atoms with Crippen LogP contribution in [0.25, 0.3) is 6.08 Å². The Morgan fingerprint density at radius 1 is 1.10 bits per heavy atom. The summed E-state index contributed by atoms with van der Waals surface area (Å²) in [5, 5.41) is 10.7. The van der Waals surface area contributed by atoms with E-state index < -0.39 is 34.5 Å². The minimum absolute atomic E-state index is 0.0991. The lowest BCUT2D eigenvalue weighted by Crippen LogP contribution is -2.44. The minimum atomic E-state index is -0.966. The van der Waals surface area contributed by atoms with E-state index in [1.165, 1.54) is 49.5 Å². The molecule has 152 valence electrons. The van der Waals surface area contributed by atoms with E-state index in [1.54, 1.807) is 18.2 Å². The number of nitro benzene ring substituents is 1. The van der Waals surface area contributed by atoms with Crippen molar-refractivity contribution in [2.24, 2.45) is 0 Å². The fourth-order valence-electron chi connectivity index (χ4n) is 2.82. The number of carbonyl (C=O) groups excluding carboxylic acids is 1. The molecule has 0 bridgehead atoms. The predicted octanol–water partition coefficient (Wildman–Crippen LogP) is 2.93. The summed E-state index contributed by atoms with van der Waals surface area (Å²) in [6.07, 6.45) is 2.29. The van der Waals surface area contributed by atoms with Crippen LogP contribution in [0.15, 0.2) is 76.2 Å². The van der Waals surface area contributed by atoms with Crippen molar-refractivity contribution >= 4 is 17.7 Å². The lowest BCUT2D eigenvalue weighted by atomic mass is 10.2. The van der Waals surface area contributed by atoms with Crippen molar-refractivity contribution in [3.8, 4) is 0 Å². The fraction of sp³-hybridized carbons (Fsp3) is 0.0952. The number of aromatic nitrogens is 2. The van der Waals surface area contributed by atoms with Gasteiger partial charge in [-0.15, -0.1) is 0 Å². The zero-order chi connectivity index (χ0) is 21.8. The van der Waals surface area contributed by atoms with Gasteiger partial charge in [-0.1, -0.05) is 18.2 Å². The third-order valence-electron chi connectivity index (χ3n) is 4.30. The summed E-state index contributed by atoms with van der Waals surface area (Å²) in [5.74, 6) is -1.54. The fourth-order valence-corrected chi connectivity index (χ4v) is 2.82. The van der Waals surface area contributed by atoms with E-state index in [9.17, 15) is 28.9 Å². The van der Waals surface area contributed by atoms with Gasteiger partial charge in [-0.25, -0.2) is 9.18 Å². The Kier molecular flexibility index (Phi) is 5.82. The van der Waals surface area contributed by atoms with Gasteiger partial charge in [-0.3, -0.25) is 24.3 Å². The van der Waals surface area contributed by atoms with E-state index in [0.29, 0.717) is 10.1 Å². The molecule has 3 rings (SSSR count). The van der Waals surface area contributed by atoms with Crippen LogP contribution in [0.4, 0.5) is 10.1 Å². The largest absolute Gasteiger partial charge is 0.338 e. The maximum Gasteiger partial charge on any atom is 0.338 e. The summed E-state index contributed by atoms with van der Waals surface area (Å²) in [7, 11) is 0. The Hall–Kier alpha value is -4.14. The first kappa shape index (κ1) is 20.6. The minimum Gasteiger partial charge on any atom is -0.293 e. The molecule has 0 unspecified atom stereocenters. The summed E-state index contributed by atoms with van der Waals surface area (Å²) in [5.41, 5.74) is -1.27. The van der Waals surface area contributed by atoms with Crippen LogP contribution in [0.5, 0.6) is 0 Å². The molecule has 0 radical (unpaired) electrons. The normalized spacial score (nSPS) is 11.3. The highest BCUT2D eigenvalue weighted by molar-refractivity contribution is 5.95. The summed E-state index contributed by atoms with van der Waals surface area (Å²) in [6.45, 7) is 0.907. The first-order chi connectivity index (χ1) is 14.3. The van der Waals surface area contributed by atoms with Gasteiger partial charge in [0.05, 0.1) is 11.5 Å². The zero-order valence-electron chi connectivity index (χ0n) is 15.8. The SMILES string of the molecule is Cc1cn(C/C(F)=C/c2ccc([N+](=O)[O-])cc2)c(=O)n(C(=O)c2ccccc2)c1=O. The molecule has 3 aromatic rings. The Morgan fingerprint density at radius 2 is 1.73 bits per heavy atom. The Balaban J connectivity index is 1.96. The van der Waals surface area contributed by atoms with Crippen molar-refractivity contribution < 1.29 is 14.1 Å². The first-order valence-electron chi connectivity index (χ1n) is 8.81. The van der Waals surface area contributed by atoms with Gasteiger partial charge in [0.1, 0.15) is 5.83 Å². The van der Waals surface area contributed by atoms with Crippen LogP contribution in [0.2, 0.25) is 0 Å². The number of rotatable bonds is 5. The van der Waals surface area contributed by atoms with E-state index in [4.69, 9.17) is 0 Å². The van der Waals surface area contributed by atoms with E-state index in [-0.39, 0.29) is 16.8 Å². The molecular weight excluding hydrogens is 393 g/mol. The van der Waals surface area contributed by atoms with Gasteiger partial charge < -0.3 is 0 Å². The number of carbonyl (C=O) groups is 1. The average molecular weight is 409 g/mol. The number of non-ortho nitro benzene ring substituents is 1. The second-order valence-corrected chi connectivity index (χ2v) is 6.47. The molecule has 2 aromatic carbocycles. The van der Waals surface area contributed by atoms with Gasteiger partial charge in [0.15, 0.2) is 0 Å². The van der Waals surface area contributed by atoms with Crippen molar-refractivity contribution in [1.82, 2.24) is 9.13 Å². The van der Waals surface area contributed by atoms with Gasteiger partial charge >= 0.3 is 5.69 Å². The maximum atomic E-state index is 14.5. The van der Waals surface area contributed by atoms with Crippen molar-refractivity contribution in [2.75, 3.05) is 0 Å². The molecule has 1 aromatic heterocycles. The van der Waals surface area contributed by atoms with E-state index in [2.05, 4.69) is 0 Å². The molecule has 0 aliphatic heterocycles. The third-order valence-corrected chi connectivity index (χ3v) is 4.30. The van der Waals surface area contributed by atoms with Crippen molar-refractivity contribution in [2.45, 2.75) is 13.5 Å². The van der Waals surface area contributed by atoms with Crippen molar-refractivity contribution in [3.05, 3.63) is 114 Å². The molecule has 0 fully saturated rings. The molecule has 8 nitrogen and oxygen atoms in total. The number of nitro groups is 1. The zero-order valence-corrected chi connectivity index (χ0v) is 15.8. The topological polar surface area (TPSA) is 104 Å². The molecule has 30 heavy (non-hydrogen) atoms. The quantitative estimate of drug-likeness (QED) is 0.476.